The second kappa shape index (κ2) is 5.00. The van der Waals surface area contributed by atoms with Crippen molar-refractivity contribution in [3.05, 3.63) is 17.5 Å². The minimum absolute atomic E-state index is 0.375. The Kier molecular flexibility index (Phi) is 3.16. The average Bonchev–Trinajstić information content (AvgIpc) is 3.02. The second-order valence-corrected chi connectivity index (χ2v) is 4.96. The number of hydrogen-bond acceptors (Lipinski definition) is 8. The zero-order valence-corrected chi connectivity index (χ0v) is 12.3. The Labute approximate surface area is 120 Å². The van der Waals surface area contributed by atoms with E-state index in [9.17, 15) is 0 Å². The van der Waals surface area contributed by atoms with Crippen LogP contribution in [0.15, 0.2) is 10.7 Å². The molecule has 3 aromatic rings. The molecule has 21 heavy (non-hydrogen) atoms. The maximum absolute atomic E-state index is 4.65. The van der Waals surface area contributed by atoms with Crippen LogP contribution in [0.4, 0.5) is 11.6 Å². The van der Waals surface area contributed by atoms with Crippen molar-refractivity contribution >= 4 is 22.9 Å². The van der Waals surface area contributed by atoms with Gasteiger partial charge >= 0.3 is 0 Å². The zero-order chi connectivity index (χ0) is 15.0. The van der Waals surface area contributed by atoms with Crippen LogP contribution in [-0.4, -0.2) is 44.2 Å². The highest BCUT2D eigenvalue weighted by atomic mass is 16.6. The van der Waals surface area contributed by atoms with Crippen molar-refractivity contribution in [1.82, 2.24) is 30.1 Å². The fraction of sp³-hybridized carbons (Fsp3) is 0.417. The van der Waals surface area contributed by atoms with E-state index in [-0.39, 0.29) is 0 Å². The lowest BCUT2D eigenvalue weighted by Gasteiger charge is -2.15. The molecule has 0 saturated heterocycles. The van der Waals surface area contributed by atoms with Gasteiger partial charge in [-0.05, 0) is 23.3 Å². The van der Waals surface area contributed by atoms with Crippen LogP contribution in [0.25, 0.3) is 11.3 Å². The zero-order valence-electron chi connectivity index (χ0n) is 12.3. The fourth-order valence-electron chi connectivity index (χ4n) is 1.96. The molecule has 110 valence electrons. The van der Waals surface area contributed by atoms with Crippen molar-refractivity contribution in [2.24, 2.45) is 7.05 Å². The molecule has 0 aromatic carbocycles. The summed E-state index contributed by atoms with van der Waals surface area (Å²) in [7, 11) is 5.69. The van der Waals surface area contributed by atoms with E-state index in [4.69, 9.17) is 0 Å². The maximum atomic E-state index is 4.65. The average molecular weight is 288 g/mol. The number of nitrogens with one attached hydrogen (secondary N) is 1. The van der Waals surface area contributed by atoms with Crippen LogP contribution in [0.2, 0.25) is 0 Å². The summed E-state index contributed by atoms with van der Waals surface area (Å²) in [6.45, 7) is 2.56. The Balaban J connectivity index is 1.89. The minimum Gasteiger partial charge on any atom is -0.361 e. The lowest BCUT2D eigenvalue weighted by atomic mass is 10.3. The Morgan fingerprint density at radius 1 is 1.24 bits per heavy atom. The summed E-state index contributed by atoms with van der Waals surface area (Å²) >= 11 is 0. The van der Waals surface area contributed by atoms with E-state index in [1.165, 1.54) is 0 Å². The Morgan fingerprint density at radius 3 is 2.57 bits per heavy atom. The summed E-state index contributed by atoms with van der Waals surface area (Å²) in [5, 5.41) is 15.1. The van der Waals surface area contributed by atoms with Gasteiger partial charge in [0.2, 0.25) is 11.3 Å². The first kappa shape index (κ1) is 13.3. The highest BCUT2D eigenvalue weighted by Gasteiger charge is 2.14. The van der Waals surface area contributed by atoms with Gasteiger partial charge in [-0.1, -0.05) is 0 Å². The van der Waals surface area contributed by atoms with Gasteiger partial charge in [0, 0.05) is 26.8 Å². The lowest BCUT2D eigenvalue weighted by Crippen LogP contribution is -2.15. The van der Waals surface area contributed by atoms with Crippen LogP contribution in [-0.2, 0) is 13.6 Å². The third-order valence-electron chi connectivity index (χ3n) is 3.12. The number of anilines is 2. The molecule has 1 N–H and O–H groups in total. The molecule has 0 bridgehead atoms. The summed E-state index contributed by atoms with van der Waals surface area (Å²) in [4.78, 5) is 10.6. The van der Waals surface area contributed by atoms with Gasteiger partial charge in [0.15, 0.2) is 11.6 Å². The smallest absolute Gasteiger partial charge is 0.245 e. The predicted molar refractivity (Wildman–Crippen MR) is 77.0 cm³/mol. The van der Waals surface area contributed by atoms with Gasteiger partial charge in [-0.2, -0.15) is 5.10 Å². The van der Waals surface area contributed by atoms with Gasteiger partial charge in [0.1, 0.15) is 0 Å². The molecular formula is C12H16N8O. The number of nitrogens with zero attached hydrogens (tertiary/aromatic N) is 7. The van der Waals surface area contributed by atoms with Crippen molar-refractivity contribution in [2.45, 2.75) is 13.5 Å². The molecule has 3 rings (SSSR count). The molecule has 3 aromatic heterocycles. The van der Waals surface area contributed by atoms with Gasteiger partial charge in [-0.3, -0.25) is 4.68 Å². The molecule has 0 saturated carbocycles. The number of fused-ring (bicyclic) bond motifs is 1. The molecule has 0 atom stereocenters. The Morgan fingerprint density at radius 2 is 1.95 bits per heavy atom. The number of aromatic nitrogens is 6. The maximum Gasteiger partial charge on any atom is 0.245 e. The molecular weight excluding hydrogens is 272 g/mol. The van der Waals surface area contributed by atoms with Gasteiger partial charge < -0.3 is 10.2 Å². The summed E-state index contributed by atoms with van der Waals surface area (Å²) in [6.07, 6.45) is 0. The van der Waals surface area contributed by atoms with Crippen LogP contribution in [0.3, 0.4) is 0 Å². The van der Waals surface area contributed by atoms with Crippen molar-refractivity contribution in [2.75, 3.05) is 24.3 Å². The minimum atomic E-state index is 0.375. The van der Waals surface area contributed by atoms with E-state index in [2.05, 4.69) is 35.3 Å². The van der Waals surface area contributed by atoms with E-state index >= 15 is 0 Å². The quantitative estimate of drug-likeness (QED) is 0.750. The van der Waals surface area contributed by atoms with E-state index in [1.807, 2.05) is 43.7 Å². The van der Waals surface area contributed by atoms with Gasteiger partial charge in [-0.15, -0.1) is 0 Å². The third-order valence-corrected chi connectivity index (χ3v) is 3.12. The summed E-state index contributed by atoms with van der Waals surface area (Å²) < 4.78 is 6.48. The third kappa shape index (κ3) is 2.49. The molecule has 9 nitrogen and oxygen atoms in total. The van der Waals surface area contributed by atoms with Crippen molar-refractivity contribution in [3.8, 4) is 0 Å². The van der Waals surface area contributed by atoms with Crippen molar-refractivity contribution in [3.63, 3.8) is 0 Å². The topological polar surface area (TPSA) is 97.8 Å². The lowest BCUT2D eigenvalue weighted by molar-refractivity contribution is 0.314. The van der Waals surface area contributed by atoms with Crippen LogP contribution in [0.1, 0.15) is 11.4 Å². The first-order valence-electron chi connectivity index (χ1n) is 6.45. The molecule has 0 aliphatic rings. The summed E-state index contributed by atoms with van der Waals surface area (Å²) in [5.41, 5.74) is 2.79. The molecule has 0 spiro atoms. The summed E-state index contributed by atoms with van der Waals surface area (Å²) in [6, 6.07) is 2.02. The number of rotatable bonds is 4. The van der Waals surface area contributed by atoms with Crippen LogP contribution >= 0.6 is 0 Å². The Hall–Kier alpha value is -2.71. The molecule has 0 amide bonds. The summed E-state index contributed by atoms with van der Waals surface area (Å²) in [5.74, 6) is 1.29. The van der Waals surface area contributed by atoms with E-state index in [0.717, 1.165) is 11.4 Å². The van der Waals surface area contributed by atoms with E-state index in [0.29, 0.717) is 29.5 Å². The van der Waals surface area contributed by atoms with Gasteiger partial charge in [0.25, 0.3) is 0 Å². The van der Waals surface area contributed by atoms with Gasteiger partial charge in [0.05, 0.1) is 12.2 Å². The Bertz CT molecular complexity index is 755. The molecule has 0 aliphatic heterocycles. The highest BCUT2D eigenvalue weighted by Crippen LogP contribution is 2.22. The van der Waals surface area contributed by atoms with Crippen LogP contribution < -0.4 is 10.2 Å². The first-order chi connectivity index (χ1) is 10.0. The fourth-order valence-corrected chi connectivity index (χ4v) is 1.96. The van der Waals surface area contributed by atoms with Crippen molar-refractivity contribution < 1.29 is 4.63 Å². The molecule has 0 fully saturated rings. The SMILES string of the molecule is Cc1cc(CNc2nc3nonc3nc2N(C)C)nn1C. The highest BCUT2D eigenvalue weighted by molar-refractivity contribution is 5.73. The molecule has 9 heteroatoms. The molecule has 0 aliphatic carbocycles. The second-order valence-electron chi connectivity index (χ2n) is 4.96. The molecule has 0 radical (unpaired) electrons. The molecule has 0 unspecified atom stereocenters. The normalized spacial score (nSPS) is 11.0. The van der Waals surface area contributed by atoms with E-state index < -0.39 is 0 Å². The van der Waals surface area contributed by atoms with Crippen LogP contribution in [0.5, 0.6) is 0 Å². The number of hydrogen-bond donors (Lipinski definition) is 1. The van der Waals surface area contributed by atoms with Gasteiger partial charge in [-0.25, -0.2) is 14.6 Å². The van der Waals surface area contributed by atoms with Crippen molar-refractivity contribution in [1.29, 1.82) is 0 Å². The van der Waals surface area contributed by atoms with E-state index in [1.54, 1.807) is 0 Å². The number of aryl methyl sites for hydroxylation is 2. The first-order valence-corrected chi connectivity index (χ1v) is 6.45. The predicted octanol–water partition coefficient (Wildman–Crippen LogP) is 0.733. The largest absolute Gasteiger partial charge is 0.361 e. The monoisotopic (exact) mass is 288 g/mol. The standard InChI is InChI=1S/C12H16N8O/c1-7-5-8(16-20(7)4)6-13-11-12(19(2)3)15-10-9(14-11)17-21-18-10/h5H,6H2,1-4H3,(H,13,14,17). The molecule has 3 heterocycles. The van der Waals surface area contributed by atoms with Crippen LogP contribution in [0, 0.1) is 6.92 Å².